The van der Waals surface area contributed by atoms with Crippen molar-refractivity contribution in [1.29, 1.82) is 0 Å². The van der Waals surface area contributed by atoms with Crippen molar-refractivity contribution in [2.24, 2.45) is 0 Å². The number of hydrogen-bond donors (Lipinski definition) is 0. The van der Waals surface area contributed by atoms with Gasteiger partial charge in [0.25, 0.3) is 0 Å². The van der Waals surface area contributed by atoms with E-state index in [9.17, 15) is 9.18 Å². The van der Waals surface area contributed by atoms with Crippen molar-refractivity contribution in [3.05, 3.63) is 52.4 Å². The first-order valence-electron chi connectivity index (χ1n) is 14.1. The molecule has 0 unspecified atom stereocenters. The van der Waals surface area contributed by atoms with Gasteiger partial charge < -0.3 is 18.9 Å². The van der Waals surface area contributed by atoms with Crippen molar-refractivity contribution in [3.63, 3.8) is 0 Å². The third-order valence-electron chi connectivity index (χ3n) is 7.32. The van der Waals surface area contributed by atoms with Crippen LogP contribution in [0.25, 0.3) is 17.1 Å². The van der Waals surface area contributed by atoms with Gasteiger partial charge in [-0.1, -0.05) is 19.6 Å². The Morgan fingerprint density at radius 1 is 1.15 bits per heavy atom. The molecule has 0 saturated carbocycles. The van der Waals surface area contributed by atoms with E-state index in [1.54, 1.807) is 25.1 Å². The molecular weight excluding hydrogens is 525 g/mol. The van der Waals surface area contributed by atoms with Gasteiger partial charge in [0.2, 0.25) is 0 Å². The average molecular weight is 570 g/mol. The highest BCUT2D eigenvalue weighted by molar-refractivity contribution is 6.76. The topological polar surface area (TPSA) is 74.4 Å². The molecule has 1 amide bonds. The van der Waals surface area contributed by atoms with E-state index in [0.717, 1.165) is 40.1 Å². The molecular formula is C30H44FN5O3Si. The fourth-order valence-electron chi connectivity index (χ4n) is 5.05. The smallest absolute Gasteiger partial charge is 0.410 e. The van der Waals surface area contributed by atoms with Crippen LogP contribution in [0.5, 0.6) is 0 Å². The SMILES string of the molecule is Cc1cc(-n2nc3c(c2-c2ncn(COCC[Si](C)(C)C)c2C)[C@H](C)N(C(=O)OC(C)(C)C)CC3)cc(C)c1F. The number of fused-ring (bicyclic) bond motifs is 1. The van der Waals surface area contributed by atoms with Gasteiger partial charge in [-0.15, -0.1) is 0 Å². The summed E-state index contributed by atoms with van der Waals surface area (Å²) < 4.78 is 30.2. The van der Waals surface area contributed by atoms with Crippen LogP contribution in [0.2, 0.25) is 25.7 Å². The molecule has 0 fully saturated rings. The van der Waals surface area contributed by atoms with Crippen molar-refractivity contribution < 1.29 is 18.7 Å². The van der Waals surface area contributed by atoms with E-state index < -0.39 is 13.7 Å². The first-order chi connectivity index (χ1) is 18.6. The maximum atomic E-state index is 14.6. The van der Waals surface area contributed by atoms with Crippen LogP contribution in [0, 0.1) is 26.6 Å². The van der Waals surface area contributed by atoms with Crippen LogP contribution in [-0.2, 0) is 22.6 Å². The van der Waals surface area contributed by atoms with Crippen LogP contribution in [0.4, 0.5) is 9.18 Å². The second kappa shape index (κ2) is 11.1. The summed E-state index contributed by atoms with van der Waals surface area (Å²) in [5.74, 6) is -0.220. The monoisotopic (exact) mass is 569 g/mol. The minimum atomic E-state index is -1.19. The summed E-state index contributed by atoms with van der Waals surface area (Å²) >= 11 is 0. The van der Waals surface area contributed by atoms with Gasteiger partial charge in [-0.2, -0.15) is 5.10 Å². The highest BCUT2D eigenvalue weighted by atomic mass is 28.3. The molecule has 0 bridgehead atoms. The van der Waals surface area contributed by atoms with Crippen LogP contribution in [0.3, 0.4) is 0 Å². The van der Waals surface area contributed by atoms with E-state index in [2.05, 4.69) is 19.6 Å². The van der Waals surface area contributed by atoms with E-state index in [0.29, 0.717) is 37.4 Å². The van der Waals surface area contributed by atoms with E-state index in [-0.39, 0.29) is 18.0 Å². The van der Waals surface area contributed by atoms with Crippen molar-refractivity contribution in [3.8, 4) is 17.1 Å². The van der Waals surface area contributed by atoms with Crippen LogP contribution in [0.1, 0.15) is 61.8 Å². The zero-order chi connectivity index (χ0) is 29.6. The summed E-state index contributed by atoms with van der Waals surface area (Å²) in [7, 11) is -1.19. The number of rotatable bonds is 7. The summed E-state index contributed by atoms with van der Waals surface area (Å²) in [6.45, 7) is 21.8. The van der Waals surface area contributed by atoms with Crippen LogP contribution in [-0.4, -0.2) is 57.2 Å². The second-order valence-electron chi connectivity index (χ2n) is 13.1. The van der Waals surface area contributed by atoms with Gasteiger partial charge in [-0.25, -0.2) is 18.9 Å². The molecule has 8 nitrogen and oxygen atoms in total. The van der Waals surface area contributed by atoms with Gasteiger partial charge in [0.15, 0.2) is 0 Å². The molecule has 0 spiro atoms. The van der Waals surface area contributed by atoms with E-state index >= 15 is 0 Å². The lowest BCUT2D eigenvalue weighted by molar-refractivity contribution is 0.0160. The normalized spacial score (nSPS) is 15.9. The van der Waals surface area contributed by atoms with Crippen LogP contribution < -0.4 is 0 Å². The summed E-state index contributed by atoms with van der Waals surface area (Å²) in [5, 5.41) is 5.02. The molecule has 4 rings (SSSR count). The molecule has 218 valence electrons. The van der Waals surface area contributed by atoms with Gasteiger partial charge in [0, 0.05) is 38.9 Å². The maximum absolute atomic E-state index is 14.6. The molecule has 1 aromatic carbocycles. The summed E-state index contributed by atoms with van der Waals surface area (Å²) in [4.78, 5) is 19.8. The van der Waals surface area contributed by atoms with Crippen LogP contribution >= 0.6 is 0 Å². The van der Waals surface area contributed by atoms with E-state index in [1.165, 1.54) is 0 Å². The standard InChI is InChI=1S/C30H44FN5O3Si/c1-19-15-23(16-20(2)26(19)31)36-28(27-22(4)34(17-32-27)18-38-13-14-40(8,9)10)25-21(3)35(12-11-24(25)33-36)29(37)39-30(5,6)7/h15-17,21H,11-14,18H2,1-10H3/t21-/m0/s1. The lowest BCUT2D eigenvalue weighted by Crippen LogP contribution is -2.42. The number of carbonyl (C=O) groups excluding carboxylic acids is 1. The molecule has 3 aromatic rings. The van der Waals surface area contributed by atoms with Crippen molar-refractivity contribution in [2.45, 2.75) is 98.9 Å². The van der Waals surface area contributed by atoms with E-state index in [1.807, 2.05) is 56.0 Å². The molecule has 3 heterocycles. The number of benzene rings is 1. The number of halogens is 1. The minimum absolute atomic E-state index is 0.220. The first kappa shape index (κ1) is 30.0. The zero-order valence-corrected chi connectivity index (χ0v) is 26.7. The Bertz CT molecular complexity index is 1380. The number of amides is 1. The molecule has 1 atom stereocenters. The summed E-state index contributed by atoms with van der Waals surface area (Å²) in [6.07, 6.45) is 2.02. The highest BCUT2D eigenvalue weighted by Crippen LogP contribution is 2.40. The minimum Gasteiger partial charge on any atom is -0.444 e. The molecule has 2 aromatic heterocycles. The number of carbonyl (C=O) groups is 1. The van der Waals surface area contributed by atoms with Gasteiger partial charge in [0.05, 0.1) is 29.4 Å². The molecule has 0 radical (unpaired) electrons. The molecule has 1 aliphatic rings. The number of aromatic nitrogens is 4. The number of hydrogen-bond acceptors (Lipinski definition) is 5. The predicted octanol–water partition coefficient (Wildman–Crippen LogP) is 6.97. The third-order valence-corrected chi connectivity index (χ3v) is 9.02. The van der Waals surface area contributed by atoms with Gasteiger partial charge in [0.1, 0.15) is 23.8 Å². The Labute approximate surface area is 238 Å². The Morgan fingerprint density at radius 3 is 2.40 bits per heavy atom. The lowest BCUT2D eigenvalue weighted by Gasteiger charge is -2.35. The number of ether oxygens (including phenoxy) is 2. The van der Waals surface area contributed by atoms with Crippen molar-refractivity contribution in [1.82, 2.24) is 24.2 Å². The zero-order valence-electron chi connectivity index (χ0n) is 25.7. The van der Waals surface area contributed by atoms with E-state index in [4.69, 9.17) is 19.6 Å². The summed E-state index contributed by atoms with van der Waals surface area (Å²) in [6, 6.07) is 4.43. The molecule has 0 N–H and O–H groups in total. The Morgan fingerprint density at radius 2 is 1.80 bits per heavy atom. The molecule has 40 heavy (non-hydrogen) atoms. The second-order valence-corrected chi connectivity index (χ2v) is 18.7. The van der Waals surface area contributed by atoms with Gasteiger partial charge >= 0.3 is 6.09 Å². The molecule has 0 aliphatic carbocycles. The Hall–Kier alpha value is -2.98. The number of imidazole rings is 1. The molecule has 0 saturated heterocycles. The average Bonchev–Trinajstić information content (AvgIpc) is 3.39. The highest BCUT2D eigenvalue weighted by Gasteiger charge is 2.37. The lowest BCUT2D eigenvalue weighted by atomic mass is 9.96. The number of aryl methyl sites for hydroxylation is 2. The number of nitrogens with zero attached hydrogens (tertiary/aromatic N) is 5. The Balaban J connectivity index is 1.79. The van der Waals surface area contributed by atoms with Crippen molar-refractivity contribution >= 4 is 14.2 Å². The fraction of sp³-hybridized carbons (Fsp3) is 0.567. The van der Waals surface area contributed by atoms with Crippen molar-refractivity contribution in [2.75, 3.05) is 13.2 Å². The van der Waals surface area contributed by atoms with Gasteiger partial charge in [-0.05, 0) is 77.8 Å². The van der Waals surface area contributed by atoms with Crippen LogP contribution in [0.15, 0.2) is 18.5 Å². The predicted molar refractivity (Wildman–Crippen MR) is 158 cm³/mol. The largest absolute Gasteiger partial charge is 0.444 e. The first-order valence-corrected chi connectivity index (χ1v) is 17.8. The fourth-order valence-corrected chi connectivity index (χ4v) is 5.81. The summed E-state index contributed by atoms with van der Waals surface area (Å²) in [5.41, 5.74) is 5.61. The van der Waals surface area contributed by atoms with Gasteiger partial charge in [-0.3, -0.25) is 0 Å². The maximum Gasteiger partial charge on any atom is 0.410 e. The third kappa shape index (κ3) is 6.33. The Kier molecular flexibility index (Phi) is 8.34. The molecule has 1 aliphatic heterocycles. The quantitative estimate of drug-likeness (QED) is 0.227. The molecule has 10 heteroatoms.